The standard InChI is InChI=1S/C16H24N4O2/c1-10(2)5-13(15(21)22)7-17-8-14-9-18-16-19-11(3)6-12(4)20(14)16/h6,9-10,13,17H,5,7-8H2,1-4H3,(H,21,22). The van der Waals surface area contributed by atoms with E-state index in [1.54, 1.807) is 6.20 Å². The van der Waals surface area contributed by atoms with Crippen LogP contribution in [-0.2, 0) is 11.3 Å². The molecule has 0 radical (unpaired) electrons. The molecule has 0 aliphatic carbocycles. The van der Waals surface area contributed by atoms with Gasteiger partial charge in [0, 0.05) is 24.5 Å². The second-order valence-electron chi connectivity index (χ2n) is 6.22. The van der Waals surface area contributed by atoms with Crippen LogP contribution in [0, 0.1) is 25.7 Å². The van der Waals surface area contributed by atoms with Gasteiger partial charge in [-0.15, -0.1) is 0 Å². The molecule has 1 atom stereocenters. The van der Waals surface area contributed by atoms with E-state index in [-0.39, 0.29) is 5.92 Å². The van der Waals surface area contributed by atoms with E-state index in [4.69, 9.17) is 0 Å². The number of carboxylic acids is 1. The first kappa shape index (κ1) is 16.4. The molecular formula is C16H24N4O2. The lowest BCUT2D eigenvalue weighted by molar-refractivity contribution is -0.142. The van der Waals surface area contributed by atoms with E-state index in [0.29, 0.717) is 31.2 Å². The summed E-state index contributed by atoms with van der Waals surface area (Å²) in [4.78, 5) is 20.0. The van der Waals surface area contributed by atoms with Gasteiger partial charge in [0.15, 0.2) is 0 Å². The first-order valence-corrected chi connectivity index (χ1v) is 7.62. The Morgan fingerprint density at radius 2 is 2.14 bits per heavy atom. The quantitative estimate of drug-likeness (QED) is 0.819. The summed E-state index contributed by atoms with van der Waals surface area (Å²) in [5, 5.41) is 12.5. The summed E-state index contributed by atoms with van der Waals surface area (Å²) < 4.78 is 2.00. The van der Waals surface area contributed by atoms with Gasteiger partial charge in [-0.1, -0.05) is 13.8 Å². The first-order chi connectivity index (χ1) is 10.4. The minimum absolute atomic E-state index is 0.361. The van der Waals surface area contributed by atoms with Crippen LogP contribution in [0.2, 0.25) is 0 Å². The highest BCUT2D eigenvalue weighted by Gasteiger charge is 2.18. The number of nitrogens with zero attached hydrogens (tertiary/aromatic N) is 3. The van der Waals surface area contributed by atoms with Crippen LogP contribution in [0.4, 0.5) is 0 Å². The zero-order valence-corrected chi connectivity index (χ0v) is 13.6. The molecule has 1 unspecified atom stereocenters. The molecule has 6 nitrogen and oxygen atoms in total. The monoisotopic (exact) mass is 304 g/mol. The molecule has 6 heteroatoms. The molecule has 0 saturated heterocycles. The lowest BCUT2D eigenvalue weighted by Crippen LogP contribution is -2.29. The Kier molecular flexibility index (Phi) is 5.13. The summed E-state index contributed by atoms with van der Waals surface area (Å²) in [6.07, 6.45) is 2.47. The largest absolute Gasteiger partial charge is 0.481 e. The molecule has 2 heterocycles. The molecule has 0 saturated carbocycles. The van der Waals surface area contributed by atoms with E-state index in [0.717, 1.165) is 17.1 Å². The number of nitrogens with one attached hydrogen (secondary N) is 1. The molecule has 0 aliphatic heterocycles. The molecule has 0 spiro atoms. The minimum atomic E-state index is -0.743. The third-order valence-corrected chi connectivity index (χ3v) is 3.67. The van der Waals surface area contributed by atoms with Crippen LogP contribution in [0.3, 0.4) is 0 Å². The molecule has 0 aromatic carbocycles. The molecule has 2 N–H and O–H groups in total. The highest BCUT2D eigenvalue weighted by Crippen LogP contribution is 2.13. The zero-order chi connectivity index (χ0) is 16.3. The van der Waals surface area contributed by atoms with Gasteiger partial charge in [-0.05, 0) is 32.3 Å². The molecule has 2 aromatic heterocycles. The number of imidazole rings is 1. The minimum Gasteiger partial charge on any atom is -0.481 e. The second kappa shape index (κ2) is 6.87. The third-order valence-electron chi connectivity index (χ3n) is 3.67. The number of aromatic nitrogens is 3. The predicted molar refractivity (Wildman–Crippen MR) is 84.7 cm³/mol. The summed E-state index contributed by atoms with van der Waals surface area (Å²) >= 11 is 0. The van der Waals surface area contributed by atoms with Gasteiger partial charge in [-0.3, -0.25) is 9.20 Å². The van der Waals surface area contributed by atoms with Crippen molar-refractivity contribution in [1.82, 2.24) is 19.7 Å². The number of carboxylic acid groups (broad SMARTS) is 1. The van der Waals surface area contributed by atoms with Crippen molar-refractivity contribution in [3.05, 3.63) is 29.3 Å². The first-order valence-electron chi connectivity index (χ1n) is 7.62. The molecule has 0 amide bonds. The number of aryl methyl sites for hydroxylation is 2. The van der Waals surface area contributed by atoms with E-state index in [1.807, 2.05) is 38.2 Å². The normalized spacial score (nSPS) is 13.0. The summed E-state index contributed by atoms with van der Waals surface area (Å²) in [7, 11) is 0. The van der Waals surface area contributed by atoms with Gasteiger partial charge in [0.25, 0.3) is 0 Å². The van der Waals surface area contributed by atoms with E-state index in [2.05, 4.69) is 15.3 Å². The maximum atomic E-state index is 11.3. The second-order valence-corrected chi connectivity index (χ2v) is 6.22. The van der Waals surface area contributed by atoms with Crippen LogP contribution in [-0.4, -0.2) is 32.0 Å². The summed E-state index contributed by atoms with van der Waals surface area (Å²) in [6, 6.07) is 2.01. The molecule has 0 aliphatic rings. The number of carbonyl (C=O) groups is 1. The molecule has 2 rings (SSSR count). The van der Waals surface area contributed by atoms with Crippen molar-refractivity contribution in [1.29, 1.82) is 0 Å². The Hall–Kier alpha value is -1.95. The van der Waals surface area contributed by atoms with Crippen molar-refractivity contribution in [3.63, 3.8) is 0 Å². The van der Waals surface area contributed by atoms with E-state index in [1.165, 1.54) is 0 Å². The fourth-order valence-electron chi connectivity index (χ4n) is 2.74. The SMILES string of the molecule is Cc1cc(C)n2c(CNCC(CC(C)C)C(=O)O)cnc2n1. The van der Waals surface area contributed by atoms with Crippen LogP contribution in [0.5, 0.6) is 0 Å². The van der Waals surface area contributed by atoms with Gasteiger partial charge < -0.3 is 10.4 Å². The van der Waals surface area contributed by atoms with Gasteiger partial charge >= 0.3 is 5.97 Å². The van der Waals surface area contributed by atoms with Gasteiger partial charge in [0.2, 0.25) is 5.78 Å². The maximum Gasteiger partial charge on any atom is 0.307 e. The number of fused-ring (bicyclic) bond motifs is 1. The number of hydrogen-bond acceptors (Lipinski definition) is 4. The van der Waals surface area contributed by atoms with Crippen LogP contribution < -0.4 is 5.32 Å². The molecule has 0 fully saturated rings. The van der Waals surface area contributed by atoms with Crippen LogP contribution in [0.15, 0.2) is 12.3 Å². The molecule has 2 aromatic rings. The highest BCUT2D eigenvalue weighted by atomic mass is 16.4. The highest BCUT2D eigenvalue weighted by molar-refractivity contribution is 5.70. The predicted octanol–water partition coefficient (Wildman–Crippen LogP) is 2.18. The Bertz CT molecular complexity index is 663. The van der Waals surface area contributed by atoms with Crippen molar-refractivity contribution < 1.29 is 9.90 Å². The lowest BCUT2D eigenvalue weighted by atomic mass is 9.97. The fraction of sp³-hybridized carbons (Fsp3) is 0.562. The fourth-order valence-corrected chi connectivity index (χ4v) is 2.74. The average molecular weight is 304 g/mol. The van der Waals surface area contributed by atoms with E-state index in [9.17, 15) is 9.90 Å². The molecule has 120 valence electrons. The van der Waals surface area contributed by atoms with E-state index >= 15 is 0 Å². The molecule has 22 heavy (non-hydrogen) atoms. The Morgan fingerprint density at radius 3 is 2.77 bits per heavy atom. The summed E-state index contributed by atoms with van der Waals surface area (Å²) in [6.45, 7) is 9.08. The lowest BCUT2D eigenvalue weighted by Gasteiger charge is -2.15. The Morgan fingerprint density at radius 1 is 1.41 bits per heavy atom. The maximum absolute atomic E-state index is 11.3. The summed E-state index contributed by atoms with van der Waals surface area (Å²) in [5.74, 6) is -0.0483. The van der Waals surface area contributed by atoms with Gasteiger partial charge in [0.1, 0.15) is 0 Å². The Balaban J connectivity index is 2.04. The smallest absolute Gasteiger partial charge is 0.307 e. The van der Waals surface area contributed by atoms with Gasteiger partial charge in [0.05, 0.1) is 17.8 Å². The Labute approximate surface area is 130 Å². The van der Waals surface area contributed by atoms with Gasteiger partial charge in [-0.2, -0.15) is 0 Å². The van der Waals surface area contributed by atoms with Gasteiger partial charge in [-0.25, -0.2) is 9.97 Å². The van der Waals surface area contributed by atoms with Crippen molar-refractivity contribution in [3.8, 4) is 0 Å². The van der Waals surface area contributed by atoms with Crippen LogP contribution in [0.25, 0.3) is 5.78 Å². The van der Waals surface area contributed by atoms with E-state index < -0.39 is 5.97 Å². The zero-order valence-electron chi connectivity index (χ0n) is 13.6. The van der Waals surface area contributed by atoms with Crippen LogP contribution in [0.1, 0.15) is 37.4 Å². The van der Waals surface area contributed by atoms with Crippen molar-refractivity contribution >= 4 is 11.7 Å². The van der Waals surface area contributed by atoms with Crippen molar-refractivity contribution in [2.45, 2.75) is 40.7 Å². The topological polar surface area (TPSA) is 79.5 Å². The van der Waals surface area contributed by atoms with Crippen LogP contribution >= 0.6 is 0 Å². The number of aliphatic carboxylic acids is 1. The number of rotatable bonds is 7. The van der Waals surface area contributed by atoms with Crippen molar-refractivity contribution in [2.75, 3.05) is 6.54 Å². The molecule has 0 bridgehead atoms. The number of hydrogen-bond donors (Lipinski definition) is 2. The summed E-state index contributed by atoms with van der Waals surface area (Å²) in [5.41, 5.74) is 3.01. The third kappa shape index (κ3) is 3.82. The molecular weight excluding hydrogens is 280 g/mol. The van der Waals surface area contributed by atoms with Crippen molar-refractivity contribution in [2.24, 2.45) is 11.8 Å². The average Bonchev–Trinajstić information content (AvgIpc) is 2.80.